The van der Waals surface area contributed by atoms with Gasteiger partial charge in [0.25, 0.3) is 5.91 Å². The van der Waals surface area contributed by atoms with Crippen molar-refractivity contribution in [2.24, 2.45) is 0 Å². The number of amides is 1. The summed E-state index contributed by atoms with van der Waals surface area (Å²) < 4.78 is 45.9. The molecule has 1 amide bonds. The van der Waals surface area contributed by atoms with Crippen LogP contribution in [0.25, 0.3) is 0 Å². The van der Waals surface area contributed by atoms with E-state index in [1.54, 1.807) is 12.1 Å². The zero-order chi connectivity index (χ0) is 18.6. The molecule has 26 heavy (non-hydrogen) atoms. The molecule has 6 nitrogen and oxygen atoms in total. The number of nitrogens with one attached hydrogen (secondary N) is 1. The summed E-state index contributed by atoms with van der Waals surface area (Å²) in [7, 11) is 0. The molecule has 1 saturated heterocycles. The monoisotopic (exact) mass is 367 g/mol. The van der Waals surface area contributed by atoms with Crippen LogP contribution in [0.1, 0.15) is 10.4 Å². The van der Waals surface area contributed by atoms with E-state index >= 15 is 0 Å². The molecule has 1 aliphatic rings. The van der Waals surface area contributed by atoms with Crippen LogP contribution in [0.5, 0.6) is 5.75 Å². The Morgan fingerprint density at radius 3 is 2.62 bits per heavy atom. The van der Waals surface area contributed by atoms with Crippen molar-refractivity contribution in [3.8, 4) is 5.75 Å². The van der Waals surface area contributed by atoms with Gasteiger partial charge in [-0.3, -0.25) is 4.79 Å². The van der Waals surface area contributed by atoms with E-state index in [4.69, 9.17) is 4.74 Å². The Morgan fingerprint density at radius 1 is 1.19 bits per heavy atom. The number of aromatic nitrogens is 1. The highest BCUT2D eigenvalue weighted by atomic mass is 19.4. The fourth-order valence-electron chi connectivity index (χ4n) is 2.47. The molecule has 2 aromatic rings. The maximum absolute atomic E-state index is 12.3. The van der Waals surface area contributed by atoms with Crippen LogP contribution in [0.3, 0.4) is 0 Å². The summed E-state index contributed by atoms with van der Waals surface area (Å²) in [5.74, 6) is -0.142. The van der Waals surface area contributed by atoms with Gasteiger partial charge >= 0.3 is 6.36 Å². The molecule has 0 saturated carbocycles. The average Bonchev–Trinajstić information content (AvgIpc) is 2.61. The third kappa shape index (κ3) is 4.85. The molecule has 1 aromatic heterocycles. The van der Waals surface area contributed by atoms with Crippen molar-refractivity contribution in [1.29, 1.82) is 0 Å². The van der Waals surface area contributed by atoms with Crippen LogP contribution in [0.4, 0.5) is 24.7 Å². The van der Waals surface area contributed by atoms with Gasteiger partial charge in [0.15, 0.2) is 0 Å². The minimum Gasteiger partial charge on any atom is -0.406 e. The van der Waals surface area contributed by atoms with Gasteiger partial charge < -0.3 is 19.7 Å². The Morgan fingerprint density at radius 2 is 1.96 bits per heavy atom. The van der Waals surface area contributed by atoms with E-state index in [0.29, 0.717) is 18.8 Å². The number of hydrogen-bond acceptors (Lipinski definition) is 5. The lowest BCUT2D eigenvalue weighted by Gasteiger charge is -2.27. The number of rotatable bonds is 4. The lowest BCUT2D eigenvalue weighted by atomic mass is 10.2. The molecule has 1 aromatic carbocycles. The van der Waals surface area contributed by atoms with E-state index in [9.17, 15) is 18.0 Å². The maximum Gasteiger partial charge on any atom is 0.573 e. The third-order valence-corrected chi connectivity index (χ3v) is 3.67. The number of halogens is 3. The first kappa shape index (κ1) is 18.0. The molecule has 1 fully saturated rings. The quantitative estimate of drug-likeness (QED) is 0.900. The molecule has 0 aliphatic carbocycles. The summed E-state index contributed by atoms with van der Waals surface area (Å²) in [5, 5.41) is 2.52. The number of alkyl halides is 3. The van der Waals surface area contributed by atoms with Gasteiger partial charge in [-0.25, -0.2) is 4.98 Å². The highest BCUT2D eigenvalue weighted by molar-refractivity contribution is 6.04. The number of hydrogen-bond donors (Lipinski definition) is 1. The van der Waals surface area contributed by atoms with Crippen molar-refractivity contribution >= 4 is 17.4 Å². The van der Waals surface area contributed by atoms with E-state index < -0.39 is 18.0 Å². The third-order valence-electron chi connectivity index (χ3n) is 3.67. The van der Waals surface area contributed by atoms with E-state index in [-0.39, 0.29) is 5.69 Å². The molecule has 2 heterocycles. The van der Waals surface area contributed by atoms with Crippen LogP contribution in [0.2, 0.25) is 0 Å². The van der Waals surface area contributed by atoms with Crippen LogP contribution in [0, 0.1) is 0 Å². The molecule has 0 spiro atoms. The highest BCUT2D eigenvalue weighted by Gasteiger charge is 2.31. The predicted octanol–water partition coefficient (Wildman–Crippen LogP) is 3.07. The van der Waals surface area contributed by atoms with Crippen LogP contribution in [-0.4, -0.2) is 43.6 Å². The first-order chi connectivity index (χ1) is 12.4. The summed E-state index contributed by atoms with van der Waals surface area (Å²) in [6, 6.07) is 8.42. The molecule has 0 bridgehead atoms. The van der Waals surface area contributed by atoms with Crippen molar-refractivity contribution < 1.29 is 27.4 Å². The molecule has 138 valence electrons. The lowest BCUT2D eigenvalue weighted by molar-refractivity contribution is -0.274. The van der Waals surface area contributed by atoms with Gasteiger partial charge in [0, 0.05) is 31.0 Å². The smallest absolute Gasteiger partial charge is 0.406 e. The van der Waals surface area contributed by atoms with Crippen molar-refractivity contribution in [1.82, 2.24) is 4.98 Å². The molecule has 9 heteroatoms. The summed E-state index contributed by atoms with van der Waals surface area (Å²) >= 11 is 0. The Labute approximate surface area is 147 Å². The second-order valence-electron chi connectivity index (χ2n) is 5.53. The molecule has 0 atom stereocenters. The standard InChI is InChI=1S/C17H16F3N3O3/c18-17(19,20)26-14-3-1-2-13(10-14)22-16(24)12-4-5-15(21-11-12)23-6-8-25-9-7-23/h1-5,10-11H,6-9H2,(H,22,24). The van der Waals surface area contributed by atoms with Crippen molar-refractivity contribution in [3.63, 3.8) is 0 Å². The molecule has 1 aliphatic heterocycles. The Kier molecular flexibility index (Phi) is 5.27. The van der Waals surface area contributed by atoms with Crippen LogP contribution in [-0.2, 0) is 4.74 Å². The molecule has 0 unspecified atom stereocenters. The van der Waals surface area contributed by atoms with Gasteiger partial charge in [0.05, 0.1) is 18.8 Å². The zero-order valence-corrected chi connectivity index (χ0v) is 13.6. The Balaban J connectivity index is 1.65. The zero-order valence-electron chi connectivity index (χ0n) is 13.6. The molecule has 0 radical (unpaired) electrons. The molecular weight excluding hydrogens is 351 g/mol. The number of benzene rings is 1. The first-order valence-electron chi connectivity index (χ1n) is 7.87. The van der Waals surface area contributed by atoms with E-state index in [0.717, 1.165) is 31.0 Å². The van der Waals surface area contributed by atoms with Gasteiger partial charge in [0.2, 0.25) is 0 Å². The van der Waals surface area contributed by atoms with E-state index in [1.165, 1.54) is 18.3 Å². The Hall–Kier alpha value is -2.81. The number of anilines is 2. The van der Waals surface area contributed by atoms with Crippen LogP contribution < -0.4 is 15.0 Å². The highest BCUT2D eigenvalue weighted by Crippen LogP contribution is 2.25. The van der Waals surface area contributed by atoms with E-state index in [1.807, 2.05) is 4.90 Å². The normalized spacial score (nSPS) is 14.8. The summed E-state index contributed by atoms with van der Waals surface area (Å²) in [4.78, 5) is 18.6. The summed E-state index contributed by atoms with van der Waals surface area (Å²) in [6.07, 6.45) is -3.36. The number of carbonyl (C=O) groups excluding carboxylic acids is 1. The summed E-state index contributed by atoms with van der Waals surface area (Å²) in [5.41, 5.74) is 0.484. The van der Waals surface area contributed by atoms with Crippen molar-refractivity contribution in [3.05, 3.63) is 48.2 Å². The molecule has 3 rings (SSSR count). The SMILES string of the molecule is O=C(Nc1cccc(OC(F)(F)F)c1)c1ccc(N2CCOCC2)nc1. The fourth-order valence-corrected chi connectivity index (χ4v) is 2.47. The van der Waals surface area contributed by atoms with Crippen LogP contribution >= 0.6 is 0 Å². The number of morpholine rings is 1. The number of nitrogens with zero attached hydrogens (tertiary/aromatic N) is 2. The van der Waals surface area contributed by atoms with Gasteiger partial charge in [-0.2, -0.15) is 0 Å². The second-order valence-corrected chi connectivity index (χ2v) is 5.53. The predicted molar refractivity (Wildman–Crippen MR) is 88.3 cm³/mol. The van der Waals surface area contributed by atoms with Gasteiger partial charge in [0.1, 0.15) is 11.6 Å². The summed E-state index contributed by atoms with van der Waals surface area (Å²) in [6.45, 7) is 2.70. The molecule has 1 N–H and O–H groups in total. The number of pyridine rings is 1. The molecular formula is C17H16F3N3O3. The average molecular weight is 367 g/mol. The minimum absolute atomic E-state index is 0.189. The van der Waals surface area contributed by atoms with E-state index in [2.05, 4.69) is 15.0 Å². The van der Waals surface area contributed by atoms with Gasteiger partial charge in [-0.1, -0.05) is 6.07 Å². The number of carbonyl (C=O) groups is 1. The first-order valence-corrected chi connectivity index (χ1v) is 7.87. The second kappa shape index (κ2) is 7.61. The van der Waals surface area contributed by atoms with Crippen LogP contribution in [0.15, 0.2) is 42.6 Å². The minimum atomic E-state index is -4.79. The lowest BCUT2D eigenvalue weighted by Crippen LogP contribution is -2.36. The fraction of sp³-hybridized carbons (Fsp3) is 0.294. The van der Waals surface area contributed by atoms with Gasteiger partial charge in [-0.15, -0.1) is 13.2 Å². The van der Waals surface area contributed by atoms with Crippen molar-refractivity contribution in [2.75, 3.05) is 36.5 Å². The largest absolute Gasteiger partial charge is 0.573 e. The van der Waals surface area contributed by atoms with Gasteiger partial charge in [-0.05, 0) is 24.3 Å². The topological polar surface area (TPSA) is 63.7 Å². The van der Waals surface area contributed by atoms with Crippen molar-refractivity contribution in [2.45, 2.75) is 6.36 Å². The Bertz CT molecular complexity index is 760. The number of ether oxygens (including phenoxy) is 2. The maximum atomic E-state index is 12.3.